The Labute approximate surface area is 225 Å². The smallest absolute Gasteiger partial charge is 0.348 e. The fraction of sp³-hybridized carbons (Fsp3) is 0.318. The number of rotatable bonds is 9. The molecular weight excluding hydrogens is 551 g/mol. The Kier molecular flexibility index (Phi) is 9.23. The van der Waals surface area contributed by atoms with Crippen molar-refractivity contribution in [2.24, 2.45) is 7.05 Å². The first kappa shape index (κ1) is 27.8. The summed E-state index contributed by atoms with van der Waals surface area (Å²) >= 11 is 14.3. The summed E-state index contributed by atoms with van der Waals surface area (Å²) in [6.07, 6.45) is -0.505. The van der Waals surface area contributed by atoms with Crippen molar-refractivity contribution in [1.82, 2.24) is 14.8 Å². The normalized spacial score (nSPS) is 11.6. The van der Waals surface area contributed by atoms with Gasteiger partial charge in [-0.1, -0.05) is 35.0 Å². The number of methoxy groups -OCH3 is 2. The topological polar surface area (TPSA) is 122 Å². The van der Waals surface area contributed by atoms with E-state index in [4.69, 9.17) is 37.4 Å². The molecule has 0 radical (unpaired) electrons. The van der Waals surface area contributed by atoms with Crippen molar-refractivity contribution in [3.05, 3.63) is 50.1 Å². The summed E-state index contributed by atoms with van der Waals surface area (Å²) in [5.74, 6) is -0.812. The van der Waals surface area contributed by atoms with Crippen LogP contribution >= 0.6 is 46.3 Å². The average Bonchev–Trinajstić information content (AvgIpc) is 3.38. The van der Waals surface area contributed by atoms with Crippen LogP contribution in [0, 0.1) is 6.92 Å². The lowest BCUT2D eigenvalue weighted by Gasteiger charge is -2.15. The largest absolute Gasteiger partial charge is 0.481 e. The highest BCUT2D eigenvalue weighted by Crippen LogP contribution is 2.35. The average molecular weight is 573 g/mol. The van der Waals surface area contributed by atoms with Crippen LogP contribution < -0.4 is 10.1 Å². The highest BCUT2D eigenvalue weighted by atomic mass is 35.5. The summed E-state index contributed by atoms with van der Waals surface area (Å²) in [6, 6.07) is 4.90. The van der Waals surface area contributed by atoms with Crippen LogP contribution in [0.3, 0.4) is 0 Å². The van der Waals surface area contributed by atoms with Crippen molar-refractivity contribution >= 4 is 69.1 Å². The van der Waals surface area contributed by atoms with Gasteiger partial charge in [0.25, 0.3) is 0 Å². The third kappa shape index (κ3) is 6.12. The summed E-state index contributed by atoms with van der Waals surface area (Å²) in [4.78, 5) is 37.1. The van der Waals surface area contributed by atoms with Crippen molar-refractivity contribution in [2.75, 3.05) is 25.3 Å². The van der Waals surface area contributed by atoms with E-state index in [-0.39, 0.29) is 21.2 Å². The number of benzene rings is 1. The summed E-state index contributed by atoms with van der Waals surface area (Å²) in [5, 5.41) is 12.5. The van der Waals surface area contributed by atoms with Crippen molar-refractivity contribution in [1.29, 1.82) is 0 Å². The fourth-order valence-electron chi connectivity index (χ4n) is 3.15. The first-order chi connectivity index (χ1) is 17.1. The molecule has 14 heteroatoms. The van der Waals surface area contributed by atoms with Gasteiger partial charge in [-0.2, -0.15) is 0 Å². The number of aromatic nitrogens is 3. The molecule has 0 aliphatic rings. The number of anilines is 1. The number of carbonyl (C=O) groups is 3. The summed E-state index contributed by atoms with van der Waals surface area (Å²) in [7, 11) is 4.20. The van der Waals surface area contributed by atoms with Gasteiger partial charge in [-0.3, -0.25) is 4.79 Å². The molecule has 0 saturated heterocycles. The molecule has 1 N–H and O–H groups in total. The number of nitrogens with zero attached hydrogens (tertiary/aromatic N) is 3. The number of hydrogen-bond acceptors (Lipinski definition) is 10. The first-order valence-corrected chi connectivity index (χ1v) is 12.9. The van der Waals surface area contributed by atoms with Crippen LogP contribution in [0.2, 0.25) is 10.0 Å². The first-order valence-electron chi connectivity index (χ1n) is 10.3. The number of thiophene rings is 1. The molecule has 0 aliphatic heterocycles. The molecule has 0 bridgehead atoms. The standard InChI is InChI=1S/C22H22Cl2N4O6S2/c1-10-16(20(30)32-4)19(36-17(10)21(31)33-5)25-15(29)9-35-22-27-26-18(28(22)3)11(2)34-14-8-12(23)6-7-13(14)24/h6-8,11H,9H2,1-5H3,(H,25,29). The van der Waals surface area contributed by atoms with E-state index in [0.717, 1.165) is 23.1 Å². The zero-order chi connectivity index (χ0) is 26.6. The lowest BCUT2D eigenvalue weighted by molar-refractivity contribution is -0.113. The van der Waals surface area contributed by atoms with E-state index in [1.54, 1.807) is 43.7 Å². The maximum Gasteiger partial charge on any atom is 0.348 e. The van der Waals surface area contributed by atoms with E-state index in [1.807, 2.05) is 0 Å². The zero-order valence-corrected chi connectivity index (χ0v) is 23.0. The second kappa shape index (κ2) is 12.0. The van der Waals surface area contributed by atoms with Gasteiger partial charge in [-0.25, -0.2) is 9.59 Å². The zero-order valence-electron chi connectivity index (χ0n) is 19.9. The molecule has 1 aromatic carbocycles. The minimum Gasteiger partial charge on any atom is -0.481 e. The van der Waals surface area contributed by atoms with Gasteiger partial charge < -0.3 is 24.1 Å². The van der Waals surface area contributed by atoms with Crippen LogP contribution in [0.5, 0.6) is 5.75 Å². The van der Waals surface area contributed by atoms with Gasteiger partial charge in [0.2, 0.25) is 5.91 Å². The van der Waals surface area contributed by atoms with Crippen molar-refractivity contribution in [2.45, 2.75) is 25.1 Å². The maximum atomic E-state index is 12.7. The summed E-state index contributed by atoms with van der Waals surface area (Å²) in [6.45, 7) is 3.37. The third-order valence-electron chi connectivity index (χ3n) is 4.92. The maximum absolute atomic E-state index is 12.7. The van der Waals surface area contributed by atoms with E-state index in [9.17, 15) is 14.4 Å². The number of halogens is 2. The van der Waals surface area contributed by atoms with Crippen molar-refractivity contribution in [3.8, 4) is 5.75 Å². The highest BCUT2D eigenvalue weighted by molar-refractivity contribution is 7.99. The van der Waals surface area contributed by atoms with E-state index < -0.39 is 23.9 Å². The number of hydrogen-bond donors (Lipinski definition) is 1. The Hall–Kier alpha value is -2.80. The minimum atomic E-state index is -0.673. The van der Waals surface area contributed by atoms with Gasteiger partial charge in [0.1, 0.15) is 15.6 Å². The van der Waals surface area contributed by atoms with E-state index >= 15 is 0 Å². The molecule has 0 saturated carbocycles. The Morgan fingerprint density at radius 2 is 1.86 bits per heavy atom. The number of carbonyl (C=O) groups excluding carboxylic acids is 3. The van der Waals surface area contributed by atoms with Crippen molar-refractivity contribution < 1.29 is 28.6 Å². The molecule has 1 unspecified atom stereocenters. The van der Waals surface area contributed by atoms with Gasteiger partial charge in [-0.05, 0) is 31.5 Å². The molecule has 10 nitrogen and oxygen atoms in total. The van der Waals surface area contributed by atoms with E-state index in [2.05, 4.69) is 15.5 Å². The Bertz CT molecular complexity index is 1310. The quantitative estimate of drug-likeness (QED) is 0.280. The lowest BCUT2D eigenvalue weighted by atomic mass is 10.1. The van der Waals surface area contributed by atoms with Gasteiger partial charge in [0.15, 0.2) is 17.1 Å². The molecule has 0 aliphatic carbocycles. The number of amides is 1. The summed E-state index contributed by atoms with van der Waals surface area (Å²) < 4.78 is 17.1. The molecular formula is C22H22Cl2N4O6S2. The molecule has 192 valence electrons. The van der Waals surface area contributed by atoms with Crippen LogP contribution in [-0.2, 0) is 21.3 Å². The summed E-state index contributed by atoms with van der Waals surface area (Å²) in [5.41, 5.74) is 0.473. The minimum absolute atomic E-state index is 0.0353. The Morgan fingerprint density at radius 1 is 1.17 bits per heavy atom. The Balaban J connectivity index is 1.69. The predicted octanol–water partition coefficient (Wildman–Crippen LogP) is 4.94. The van der Waals surface area contributed by atoms with Crippen LogP contribution in [0.25, 0.3) is 0 Å². The third-order valence-corrected chi connectivity index (χ3v) is 7.68. The molecule has 3 aromatic rings. The molecule has 2 aromatic heterocycles. The van der Waals surface area contributed by atoms with Crippen LogP contribution in [0.1, 0.15) is 44.4 Å². The number of ether oxygens (including phenoxy) is 3. The SMILES string of the molecule is COC(=O)c1sc(NC(=O)CSc2nnc(C(C)Oc3cc(Cl)ccc3Cl)n2C)c(C(=O)OC)c1C. The number of thioether (sulfide) groups is 1. The monoisotopic (exact) mass is 572 g/mol. The molecule has 1 atom stereocenters. The molecule has 0 spiro atoms. The molecule has 3 rings (SSSR count). The Morgan fingerprint density at radius 3 is 2.53 bits per heavy atom. The lowest BCUT2D eigenvalue weighted by Crippen LogP contribution is -2.16. The predicted molar refractivity (Wildman–Crippen MR) is 138 cm³/mol. The van der Waals surface area contributed by atoms with Crippen LogP contribution in [0.4, 0.5) is 5.00 Å². The second-order valence-corrected chi connectivity index (χ2v) is 10.1. The number of esters is 2. The highest BCUT2D eigenvalue weighted by Gasteiger charge is 2.27. The molecule has 0 fully saturated rings. The van der Waals surface area contributed by atoms with Crippen LogP contribution in [0.15, 0.2) is 23.4 Å². The molecule has 2 heterocycles. The van der Waals surface area contributed by atoms with Gasteiger partial charge in [0.05, 0.1) is 30.6 Å². The van der Waals surface area contributed by atoms with E-state index in [1.165, 1.54) is 14.2 Å². The molecule has 1 amide bonds. The molecule has 36 heavy (non-hydrogen) atoms. The van der Waals surface area contributed by atoms with Crippen molar-refractivity contribution in [3.63, 3.8) is 0 Å². The second-order valence-electron chi connectivity index (χ2n) is 7.31. The van der Waals surface area contributed by atoms with E-state index in [0.29, 0.717) is 32.3 Å². The number of nitrogens with one attached hydrogen (secondary N) is 1. The van der Waals surface area contributed by atoms with Gasteiger partial charge in [0, 0.05) is 18.1 Å². The van der Waals surface area contributed by atoms with Gasteiger partial charge in [-0.15, -0.1) is 21.5 Å². The fourth-order valence-corrected chi connectivity index (χ4v) is 5.32. The van der Waals surface area contributed by atoms with Crippen LogP contribution in [-0.4, -0.2) is 52.6 Å². The van der Waals surface area contributed by atoms with Gasteiger partial charge >= 0.3 is 11.9 Å².